The Labute approximate surface area is 248 Å². The zero-order valence-corrected chi connectivity index (χ0v) is 25.5. The number of para-hydroxylation sites is 1. The van der Waals surface area contributed by atoms with Crippen LogP contribution < -0.4 is 4.90 Å². The molecule has 3 heterocycles. The van der Waals surface area contributed by atoms with Crippen LogP contribution in [0.3, 0.4) is 0 Å². The number of aliphatic hydroxyl groups is 1. The Kier molecular flexibility index (Phi) is 9.36. The molecule has 1 aromatic rings. The van der Waals surface area contributed by atoms with Gasteiger partial charge in [-0.3, -0.25) is 14.4 Å². The average molecular weight is 586 g/mol. The van der Waals surface area contributed by atoms with Crippen LogP contribution in [0.5, 0.6) is 0 Å². The topological polar surface area (TPSA) is 90.4 Å². The minimum absolute atomic E-state index is 0.136. The molecule has 0 radical (unpaired) electrons. The number of nitrogens with zero attached hydrogens (tertiary/aromatic N) is 3. The van der Waals surface area contributed by atoms with E-state index in [1.165, 1.54) is 4.90 Å². The zero-order valence-electron chi connectivity index (χ0n) is 24.8. The summed E-state index contributed by atoms with van der Waals surface area (Å²) in [7, 11) is 0. The summed E-state index contributed by atoms with van der Waals surface area (Å²) in [6.07, 6.45) is 6.11. The Hall–Kier alpha value is -2.68. The van der Waals surface area contributed by atoms with Crippen LogP contribution in [0, 0.1) is 18.8 Å². The maximum absolute atomic E-state index is 14.8. The van der Waals surface area contributed by atoms with Gasteiger partial charge >= 0.3 is 0 Å². The van der Waals surface area contributed by atoms with Gasteiger partial charge in [-0.2, -0.15) is 0 Å². The molecule has 2 unspecified atom stereocenters. The number of benzene rings is 1. The third-order valence-electron chi connectivity index (χ3n) is 9.38. The summed E-state index contributed by atoms with van der Waals surface area (Å²) < 4.78 is 6.94. The van der Waals surface area contributed by atoms with Crippen molar-refractivity contribution >= 4 is 35.0 Å². The van der Waals surface area contributed by atoms with E-state index < -0.39 is 35.1 Å². The summed E-state index contributed by atoms with van der Waals surface area (Å²) in [5, 5.41) is 10.8. The summed E-state index contributed by atoms with van der Waals surface area (Å²) in [6.45, 7) is 16.2. The SMILES string of the molecule is C=CCN(CCC)C(=O)[C@@H]1[C@H]2C(=O)N([C@@H](CC)CO)C(C(=O)N(CC=C)c3c(C)cccc3Cl)C23CC[C@@]1(CC)O3. The van der Waals surface area contributed by atoms with Crippen LogP contribution >= 0.6 is 11.6 Å². The number of hydrogen-bond donors (Lipinski definition) is 1. The molecular formula is C32H44ClN3O5. The van der Waals surface area contributed by atoms with Crippen molar-refractivity contribution in [1.29, 1.82) is 0 Å². The number of halogens is 1. The van der Waals surface area contributed by atoms with Gasteiger partial charge in [0.05, 0.1) is 40.8 Å². The number of amides is 3. The van der Waals surface area contributed by atoms with Crippen LogP contribution in [0.4, 0.5) is 5.69 Å². The molecule has 4 rings (SSSR count). The molecule has 6 atom stereocenters. The number of carbonyl (C=O) groups is 3. The van der Waals surface area contributed by atoms with E-state index in [0.717, 1.165) is 12.0 Å². The van der Waals surface area contributed by atoms with Crippen LogP contribution in [-0.2, 0) is 19.1 Å². The van der Waals surface area contributed by atoms with E-state index in [4.69, 9.17) is 16.3 Å². The number of likely N-dealkylation sites (tertiary alicyclic amines) is 1. The standard InChI is InChI=1S/C32H44ClN3O5/c1-7-17-34(18-8-2)28(38)24-25-29(39)36(22(10-4)20-37)27(32(25)16-15-31(24,11-5)41-32)30(40)35(19-9-3)26-21(6)13-12-14-23(26)33/h7,9,12-14,22,24-25,27,37H,1,3,8,10-11,15-20H2,2,4-6H3/t22-,24-,25-,27?,31+,32?/m0/s1. The first-order chi connectivity index (χ1) is 19.6. The highest BCUT2D eigenvalue weighted by Crippen LogP contribution is 2.65. The maximum Gasteiger partial charge on any atom is 0.253 e. The van der Waals surface area contributed by atoms with Gasteiger partial charge < -0.3 is 24.5 Å². The Morgan fingerprint density at radius 3 is 2.46 bits per heavy atom. The molecule has 1 aromatic carbocycles. The second kappa shape index (κ2) is 12.3. The van der Waals surface area contributed by atoms with Gasteiger partial charge in [0.1, 0.15) is 11.6 Å². The van der Waals surface area contributed by atoms with Crippen LogP contribution in [-0.4, -0.2) is 82.2 Å². The van der Waals surface area contributed by atoms with E-state index in [1.54, 1.807) is 28.0 Å². The Balaban J connectivity index is 1.90. The van der Waals surface area contributed by atoms with Crippen molar-refractivity contribution in [2.45, 2.75) is 83.1 Å². The molecule has 3 aliphatic rings. The molecule has 41 heavy (non-hydrogen) atoms. The van der Waals surface area contributed by atoms with E-state index in [-0.39, 0.29) is 30.9 Å². The van der Waals surface area contributed by atoms with Gasteiger partial charge in [-0.25, -0.2) is 0 Å². The third kappa shape index (κ3) is 4.82. The number of anilines is 1. The van der Waals surface area contributed by atoms with Crippen LogP contribution in [0.2, 0.25) is 5.02 Å². The Morgan fingerprint density at radius 2 is 1.90 bits per heavy atom. The number of aryl methyl sites for hydroxylation is 1. The van der Waals surface area contributed by atoms with Crippen molar-refractivity contribution in [3.8, 4) is 0 Å². The van der Waals surface area contributed by atoms with Gasteiger partial charge in [-0.15, -0.1) is 13.2 Å². The van der Waals surface area contributed by atoms with Gasteiger partial charge in [-0.1, -0.05) is 56.7 Å². The maximum atomic E-state index is 14.8. The van der Waals surface area contributed by atoms with E-state index in [0.29, 0.717) is 49.5 Å². The number of ether oxygens (including phenoxy) is 1. The molecule has 3 aliphatic heterocycles. The number of hydrogen-bond acceptors (Lipinski definition) is 5. The van der Waals surface area contributed by atoms with Crippen molar-refractivity contribution in [3.63, 3.8) is 0 Å². The van der Waals surface area contributed by atoms with Crippen LogP contribution in [0.1, 0.15) is 58.4 Å². The monoisotopic (exact) mass is 585 g/mol. The lowest BCUT2D eigenvalue weighted by Crippen LogP contribution is -2.59. The molecule has 3 amide bonds. The molecule has 3 fully saturated rings. The highest BCUT2D eigenvalue weighted by Gasteiger charge is 2.79. The summed E-state index contributed by atoms with van der Waals surface area (Å²) in [4.78, 5) is 48.5. The van der Waals surface area contributed by atoms with E-state index in [9.17, 15) is 19.5 Å². The molecule has 224 valence electrons. The van der Waals surface area contributed by atoms with Crippen molar-refractivity contribution in [1.82, 2.24) is 9.80 Å². The highest BCUT2D eigenvalue weighted by atomic mass is 35.5. The van der Waals surface area contributed by atoms with E-state index in [1.807, 2.05) is 39.8 Å². The molecule has 0 saturated carbocycles. The summed E-state index contributed by atoms with van der Waals surface area (Å²) in [6, 6.07) is 3.80. The van der Waals surface area contributed by atoms with Gasteiger partial charge in [0.25, 0.3) is 5.91 Å². The minimum Gasteiger partial charge on any atom is -0.394 e. The lowest BCUT2D eigenvalue weighted by atomic mass is 9.64. The molecule has 8 nitrogen and oxygen atoms in total. The van der Waals surface area contributed by atoms with Crippen molar-refractivity contribution < 1.29 is 24.2 Å². The fourth-order valence-electron chi connectivity index (χ4n) is 7.56. The molecule has 9 heteroatoms. The van der Waals surface area contributed by atoms with E-state index >= 15 is 0 Å². The predicted octanol–water partition coefficient (Wildman–Crippen LogP) is 4.52. The molecule has 1 N–H and O–H groups in total. The van der Waals surface area contributed by atoms with Crippen LogP contribution in [0.25, 0.3) is 0 Å². The second-order valence-corrected chi connectivity index (χ2v) is 11.9. The smallest absolute Gasteiger partial charge is 0.253 e. The molecule has 1 spiro atoms. The normalized spacial score (nSPS) is 28.9. The second-order valence-electron chi connectivity index (χ2n) is 11.5. The summed E-state index contributed by atoms with van der Waals surface area (Å²) in [5.41, 5.74) is -0.692. The lowest BCUT2D eigenvalue weighted by molar-refractivity contribution is -0.153. The zero-order chi connectivity index (χ0) is 30.1. The number of carbonyl (C=O) groups excluding carboxylic acids is 3. The molecule has 0 aromatic heterocycles. The first kappa shape index (κ1) is 31.3. The summed E-state index contributed by atoms with van der Waals surface area (Å²) in [5.74, 6) is -2.35. The third-order valence-corrected chi connectivity index (χ3v) is 9.69. The highest BCUT2D eigenvalue weighted by molar-refractivity contribution is 6.34. The van der Waals surface area contributed by atoms with Crippen molar-refractivity contribution in [3.05, 3.63) is 54.1 Å². The van der Waals surface area contributed by atoms with Gasteiger partial charge in [0, 0.05) is 19.6 Å². The number of fused-ring (bicyclic) bond motifs is 1. The molecule has 3 saturated heterocycles. The lowest BCUT2D eigenvalue weighted by Gasteiger charge is -2.39. The Bertz CT molecular complexity index is 1180. The number of aliphatic hydroxyl groups excluding tert-OH is 1. The molecule has 0 aliphatic carbocycles. The quantitative estimate of drug-likeness (QED) is 0.344. The largest absolute Gasteiger partial charge is 0.394 e. The fraction of sp³-hybridized carbons (Fsp3) is 0.594. The average Bonchev–Trinajstić information content (AvgIpc) is 3.56. The van der Waals surface area contributed by atoms with Crippen LogP contribution in [0.15, 0.2) is 43.5 Å². The van der Waals surface area contributed by atoms with Crippen molar-refractivity contribution in [2.75, 3.05) is 31.1 Å². The first-order valence-electron chi connectivity index (χ1n) is 14.8. The van der Waals surface area contributed by atoms with Gasteiger partial charge in [0.15, 0.2) is 0 Å². The number of rotatable bonds is 13. The van der Waals surface area contributed by atoms with Crippen molar-refractivity contribution in [2.24, 2.45) is 11.8 Å². The first-order valence-corrected chi connectivity index (χ1v) is 15.2. The predicted molar refractivity (Wildman–Crippen MR) is 161 cm³/mol. The fourth-order valence-corrected chi connectivity index (χ4v) is 7.89. The van der Waals surface area contributed by atoms with Gasteiger partial charge in [0.2, 0.25) is 11.8 Å². The Morgan fingerprint density at radius 1 is 1.20 bits per heavy atom. The van der Waals surface area contributed by atoms with E-state index in [2.05, 4.69) is 13.2 Å². The van der Waals surface area contributed by atoms with Gasteiger partial charge in [-0.05, 0) is 50.7 Å². The summed E-state index contributed by atoms with van der Waals surface area (Å²) >= 11 is 6.65. The molecule has 2 bridgehead atoms. The minimum atomic E-state index is -1.20. The molecular weight excluding hydrogens is 542 g/mol.